The third-order valence-corrected chi connectivity index (χ3v) is 2.76. The van der Waals surface area contributed by atoms with Crippen molar-refractivity contribution in [3.63, 3.8) is 0 Å². The lowest BCUT2D eigenvalue weighted by Crippen LogP contribution is -2.13. The zero-order valence-electron chi connectivity index (χ0n) is 11.2. The summed E-state index contributed by atoms with van der Waals surface area (Å²) >= 11 is 0. The largest absolute Gasteiger partial charge is 0.493 e. The number of unbranched alkanes of at least 4 members (excludes halogenated alkanes) is 2. The monoisotopic (exact) mass is 236 g/mol. The van der Waals surface area contributed by atoms with Crippen LogP contribution in [0.5, 0.6) is 5.75 Å². The van der Waals surface area contributed by atoms with Crippen LogP contribution in [0, 0.1) is 0 Å². The van der Waals surface area contributed by atoms with Gasteiger partial charge >= 0.3 is 0 Å². The van der Waals surface area contributed by atoms with Crippen LogP contribution in [0.4, 0.5) is 0 Å². The molecule has 1 rings (SSSR count). The Morgan fingerprint density at radius 3 is 2.41 bits per heavy atom. The summed E-state index contributed by atoms with van der Waals surface area (Å²) in [6, 6.07) is 8.23. The molecule has 1 aromatic carbocycles. The number of aliphatic hydroxyl groups is 1. The zero-order chi connectivity index (χ0) is 12.7. The van der Waals surface area contributed by atoms with Crippen LogP contribution in [-0.4, -0.2) is 18.3 Å². The summed E-state index contributed by atoms with van der Waals surface area (Å²) < 4.78 is 5.83. The fraction of sp³-hybridized carbons (Fsp3) is 0.600. The highest BCUT2D eigenvalue weighted by molar-refractivity contribution is 5.38. The standard InChI is InChI=1S/C15H24O2/c1-15(2,3)13-9-5-6-10-14(13)17-12-8-4-7-11-16/h5-6,9-10,16H,4,7-8,11-12H2,1-3H3. The van der Waals surface area contributed by atoms with Gasteiger partial charge in [0.15, 0.2) is 0 Å². The summed E-state index contributed by atoms with van der Waals surface area (Å²) in [6.07, 6.45) is 2.89. The van der Waals surface area contributed by atoms with Crippen molar-refractivity contribution in [2.24, 2.45) is 0 Å². The first-order valence-electron chi connectivity index (χ1n) is 6.39. The van der Waals surface area contributed by atoms with Gasteiger partial charge in [-0.25, -0.2) is 0 Å². The van der Waals surface area contributed by atoms with Crippen molar-refractivity contribution in [2.75, 3.05) is 13.2 Å². The van der Waals surface area contributed by atoms with Gasteiger partial charge in [0.25, 0.3) is 0 Å². The Hall–Kier alpha value is -1.02. The van der Waals surface area contributed by atoms with Gasteiger partial charge in [-0.2, -0.15) is 0 Å². The third kappa shape index (κ3) is 4.78. The highest BCUT2D eigenvalue weighted by atomic mass is 16.5. The summed E-state index contributed by atoms with van der Waals surface area (Å²) in [7, 11) is 0. The Kier molecular flexibility index (Phi) is 5.49. The number of benzene rings is 1. The molecule has 0 atom stereocenters. The molecule has 0 bridgehead atoms. The first kappa shape index (κ1) is 14.0. The summed E-state index contributed by atoms with van der Waals surface area (Å²) in [5.41, 5.74) is 1.36. The van der Waals surface area contributed by atoms with Crippen molar-refractivity contribution in [2.45, 2.75) is 45.4 Å². The molecule has 0 amide bonds. The van der Waals surface area contributed by atoms with Crippen LogP contribution in [0.15, 0.2) is 24.3 Å². The number of ether oxygens (including phenoxy) is 1. The first-order valence-corrected chi connectivity index (χ1v) is 6.39. The molecule has 0 radical (unpaired) electrons. The fourth-order valence-electron chi connectivity index (χ4n) is 1.78. The molecule has 0 spiro atoms. The van der Waals surface area contributed by atoms with Gasteiger partial charge in [0.05, 0.1) is 6.61 Å². The Bertz CT molecular complexity index is 326. The molecule has 0 saturated carbocycles. The number of rotatable bonds is 6. The number of hydrogen-bond acceptors (Lipinski definition) is 2. The van der Waals surface area contributed by atoms with Crippen LogP contribution < -0.4 is 4.74 Å². The van der Waals surface area contributed by atoms with Gasteiger partial charge in [-0.1, -0.05) is 39.0 Å². The molecule has 2 nitrogen and oxygen atoms in total. The molecule has 1 N–H and O–H groups in total. The van der Waals surface area contributed by atoms with Gasteiger partial charge in [0, 0.05) is 6.61 Å². The highest BCUT2D eigenvalue weighted by Gasteiger charge is 2.17. The van der Waals surface area contributed by atoms with Crippen molar-refractivity contribution >= 4 is 0 Å². The maximum Gasteiger partial charge on any atom is 0.123 e. The Balaban J connectivity index is 2.53. The minimum atomic E-state index is 0.113. The van der Waals surface area contributed by atoms with Crippen LogP contribution in [0.2, 0.25) is 0 Å². The predicted octanol–water partition coefficient (Wildman–Crippen LogP) is 3.53. The van der Waals surface area contributed by atoms with Crippen LogP contribution in [-0.2, 0) is 5.41 Å². The van der Waals surface area contributed by atoms with Crippen LogP contribution in [0.3, 0.4) is 0 Å². The zero-order valence-corrected chi connectivity index (χ0v) is 11.2. The van der Waals surface area contributed by atoms with Crippen molar-refractivity contribution in [1.82, 2.24) is 0 Å². The molecule has 0 unspecified atom stereocenters. The number of aliphatic hydroxyl groups excluding tert-OH is 1. The Labute approximate surface area is 105 Å². The quantitative estimate of drug-likeness (QED) is 0.766. The summed E-state index contributed by atoms with van der Waals surface area (Å²) in [5.74, 6) is 0.990. The average molecular weight is 236 g/mol. The van der Waals surface area contributed by atoms with Crippen molar-refractivity contribution < 1.29 is 9.84 Å². The SMILES string of the molecule is CC(C)(C)c1ccccc1OCCCCCO. The number of hydrogen-bond donors (Lipinski definition) is 1. The second-order valence-corrected chi connectivity index (χ2v) is 5.38. The second kappa shape index (κ2) is 6.65. The molecule has 0 fully saturated rings. The topological polar surface area (TPSA) is 29.5 Å². The summed E-state index contributed by atoms with van der Waals surface area (Å²) in [4.78, 5) is 0. The smallest absolute Gasteiger partial charge is 0.123 e. The lowest BCUT2D eigenvalue weighted by atomic mass is 9.86. The molecule has 2 heteroatoms. The van der Waals surface area contributed by atoms with E-state index in [1.54, 1.807) is 0 Å². The van der Waals surface area contributed by atoms with Crippen molar-refractivity contribution in [1.29, 1.82) is 0 Å². The molecule has 1 aromatic rings. The average Bonchev–Trinajstić information content (AvgIpc) is 2.28. The lowest BCUT2D eigenvalue weighted by Gasteiger charge is -2.22. The summed E-state index contributed by atoms with van der Waals surface area (Å²) in [6.45, 7) is 7.59. The van der Waals surface area contributed by atoms with Gasteiger partial charge in [-0.3, -0.25) is 0 Å². The van der Waals surface area contributed by atoms with Gasteiger partial charge in [0.2, 0.25) is 0 Å². The van der Waals surface area contributed by atoms with E-state index in [4.69, 9.17) is 9.84 Å². The van der Waals surface area contributed by atoms with E-state index in [1.165, 1.54) is 5.56 Å². The molecule has 17 heavy (non-hydrogen) atoms. The molecule has 0 aliphatic rings. The normalized spacial score (nSPS) is 11.5. The van der Waals surface area contributed by atoms with Crippen LogP contribution in [0.1, 0.15) is 45.6 Å². The van der Waals surface area contributed by atoms with Crippen molar-refractivity contribution in [3.05, 3.63) is 29.8 Å². The summed E-state index contributed by atoms with van der Waals surface area (Å²) in [5, 5.41) is 8.69. The molecule has 0 saturated heterocycles. The fourth-order valence-corrected chi connectivity index (χ4v) is 1.78. The lowest BCUT2D eigenvalue weighted by molar-refractivity contribution is 0.264. The maximum absolute atomic E-state index is 8.69. The predicted molar refractivity (Wildman–Crippen MR) is 71.6 cm³/mol. The van der Waals surface area contributed by atoms with E-state index in [-0.39, 0.29) is 12.0 Å². The third-order valence-electron chi connectivity index (χ3n) is 2.76. The first-order chi connectivity index (χ1) is 8.05. The van der Waals surface area contributed by atoms with E-state index in [2.05, 4.69) is 32.9 Å². The molecule has 0 heterocycles. The van der Waals surface area contributed by atoms with Gasteiger partial charge in [-0.15, -0.1) is 0 Å². The van der Waals surface area contributed by atoms with Crippen LogP contribution in [0.25, 0.3) is 0 Å². The highest BCUT2D eigenvalue weighted by Crippen LogP contribution is 2.30. The van der Waals surface area contributed by atoms with E-state index in [0.717, 1.165) is 31.6 Å². The van der Waals surface area contributed by atoms with Crippen LogP contribution >= 0.6 is 0 Å². The van der Waals surface area contributed by atoms with E-state index >= 15 is 0 Å². The molecule has 0 aromatic heterocycles. The minimum absolute atomic E-state index is 0.113. The Morgan fingerprint density at radius 1 is 1.06 bits per heavy atom. The van der Waals surface area contributed by atoms with E-state index in [0.29, 0.717) is 0 Å². The molecular formula is C15H24O2. The maximum atomic E-state index is 8.69. The molecular weight excluding hydrogens is 212 g/mol. The molecule has 0 aliphatic heterocycles. The van der Waals surface area contributed by atoms with E-state index < -0.39 is 0 Å². The van der Waals surface area contributed by atoms with E-state index in [9.17, 15) is 0 Å². The van der Waals surface area contributed by atoms with Crippen molar-refractivity contribution in [3.8, 4) is 5.75 Å². The van der Waals surface area contributed by atoms with Gasteiger partial charge in [-0.05, 0) is 36.3 Å². The Morgan fingerprint density at radius 2 is 1.76 bits per heavy atom. The van der Waals surface area contributed by atoms with Gasteiger partial charge < -0.3 is 9.84 Å². The van der Waals surface area contributed by atoms with E-state index in [1.807, 2.05) is 12.1 Å². The number of para-hydroxylation sites is 1. The molecule has 96 valence electrons. The minimum Gasteiger partial charge on any atom is -0.493 e. The second-order valence-electron chi connectivity index (χ2n) is 5.38. The molecule has 0 aliphatic carbocycles. The van der Waals surface area contributed by atoms with Gasteiger partial charge in [0.1, 0.15) is 5.75 Å².